The lowest BCUT2D eigenvalue weighted by Crippen LogP contribution is -2.46. The number of hydrogen-bond donors (Lipinski definition) is 1. The molecule has 1 N–H and O–H groups in total. The minimum atomic E-state index is -0.287. The monoisotopic (exact) mass is 383 g/mol. The van der Waals surface area contributed by atoms with Gasteiger partial charge in [-0.3, -0.25) is 9.78 Å². The fourth-order valence-electron chi connectivity index (χ4n) is 3.46. The van der Waals surface area contributed by atoms with Gasteiger partial charge >= 0.3 is 0 Å². The number of benzene rings is 2. The minimum Gasteiger partial charge on any atom is -0.368 e. The Morgan fingerprint density at radius 2 is 1.62 bits per heavy atom. The Bertz CT molecular complexity index is 1040. The highest BCUT2D eigenvalue weighted by Gasteiger charge is 2.19. The van der Waals surface area contributed by atoms with Crippen LogP contribution >= 0.6 is 0 Å². The van der Waals surface area contributed by atoms with E-state index < -0.39 is 0 Å². The lowest BCUT2D eigenvalue weighted by Gasteiger charge is -2.37. The summed E-state index contributed by atoms with van der Waals surface area (Å²) in [6.07, 6.45) is 1.67. The number of amides is 1. The minimum absolute atomic E-state index is 0.287. The molecule has 3 aromatic rings. The largest absolute Gasteiger partial charge is 0.368 e. The third kappa shape index (κ3) is 4.36. The van der Waals surface area contributed by atoms with Crippen LogP contribution in [0.25, 0.3) is 0 Å². The number of pyridine rings is 1. The normalized spacial score (nSPS) is 13.6. The van der Waals surface area contributed by atoms with Crippen molar-refractivity contribution in [3.8, 4) is 6.07 Å². The Labute approximate surface area is 170 Å². The molecule has 1 amide bonds. The highest BCUT2D eigenvalue weighted by Crippen LogP contribution is 2.21. The third-order valence-electron chi connectivity index (χ3n) is 4.99. The van der Waals surface area contributed by atoms with E-state index in [0.717, 1.165) is 31.9 Å². The summed E-state index contributed by atoms with van der Waals surface area (Å²) in [7, 11) is 0. The number of aromatic nitrogens is 1. The summed E-state index contributed by atoms with van der Waals surface area (Å²) in [5, 5.41) is 11.8. The smallest absolute Gasteiger partial charge is 0.274 e. The zero-order chi connectivity index (χ0) is 20.1. The Morgan fingerprint density at radius 1 is 0.897 bits per heavy atom. The van der Waals surface area contributed by atoms with E-state index in [0.29, 0.717) is 16.9 Å². The lowest BCUT2D eigenvalue weighted by molar-refractivity contribution is 0.102. The summed E-state index contributed by atoms with van der Waals surface area (Å²) in [5.74, 6) is -0.287. The van der Waals surface area contributed by atoms with Gasteiger partial charge in [0.1, 0.15) is 5.69 Å². The van der Waals surface area contributed by atoms with E-state index in [-0.39, 0.29) is 5.91 Å². The van der Waals surface area contributed by atoms with E-state index in [9.17, 15) is 4.79 Å². The molecule has 1 aliphatic rings. The fourth-order valence-corrected chi connectivity index (χ4v) is 3.46. The molecule has 1 aliphatic heterocycles. The molecule has 1 aromatic heterocycles. The van der Waals surface area contributed by atoms with Crippen molar-refractivity contribution < 1.29 is 4.79 Å². The molecule has 0 atom stereocenters. The number of piperazine rings is 1. The molecule has 0 radical (unpaired) electrons. The molecular weight excluding hydrogens is 362 g/mol. The van der Waals surface area contributed by atoms with Crippen LogP contribution in [0.4, 0.5) is 17.1 Å². The van der Waals surface area contributed by atoms with Crippen molar-refractivity contribution in [2.24, 2.45) is 0 Å². The summed E-state index contributed by atoms with van der Waals surface area (Å²) in [6.45, 7) is 3.61. The van der Waals surface area contributed by atoms with Crippen LogP contribution in [0.15, 0.2) is 72.9 Å². The fraction of sp³-hybridized carbons (Fsp3) is 0.174. The lowest BCUT2D eigenvalue weighted by atomic mass is 10.2. The van der Waals surface area contributed by atoms with Gasteiger partial charge in [0.05, 0.1) is 11.6 Å². The molecule has 29 heavy (non-hydrogen) atoms. The Hall–Kier alpha value is -3.85. The van der Waals surface area contributed by atoms with E-state index in [4.69, 9.17) is 5.26 Å². The maximum atomic E-state index is 12.6. The van der Waals surface area contributed by atoms with Crippen LogP contribution in [0.5, 0.6) is 0 Å². The van der Waals surface area contributed by atoms with Crippen LogP contribution in [-0.2, 0) is 0 Å². The first kappa shape index (κ1) is 18.5. The molecule has 0 saturated carbocycles. The number of nitrogens with zero attached hydrogens (tertiary/aromatic N) is 4. The first-order chi connectivity index (χ1) is 14.2. The molecule has 2 heterocycles. The Balaban J connectivity index is 1.42. The van der Waals surface area contributed by atoms with Gasteiger partial charge in [-0.1, -0.05) is 24.3 Å². The molecule has 0 bridgehead atoms. The summed E-state index contributed by atoms with van der Waals surface area (Å²) in [6, 6.07) is 23.1. The first-order valence-corrected chi connectivity index (χ1v) is 9.55. The summed E-state index contributed by atoms with van der Waals surface area (Å²) in [5.41, 5.74) is 3.67. The summed E-state index contributed by atoms with van der Waals surface area (Å²) in [4.78, 5) is 21.5. The summed E-state index contributed by atoms with van der Waals surface area (Å²) >= 11 is 0. The van der Waals surface area contributed by atoms with Gasteiger partial charge in [0.15, 0.2) is 0 Å². The van der Waals surface area contributed by atoms with Gasteiger partial charge in [-0.2, -0.15) is 5.26 Å². The van der Waals surface area contributed by atoms with Gasteiger partial charge in [0.2, 0.25) is 0 Å². The van der Waals surface area contributed by atoms with Gasteiger partial charge in [-0.15, -0.1) is 0 Å². The standard InChI is InChI=1S/C23H21N5O/c24-17-18-5-4-6-19(15-18)26-23(29)22-16-21(9-10-25-22)28-13-11-27(12-14-28)20-7-2-1-3-8-20/h1-10,15-16H,11-14H2,(H,26,29). The average Bonchev–Trinajstić information content (AvgIpc) is 2.80. The highest BCUT2D eigenvalue weighted by atomic mass is 16.1. The maximum absolute atomic E-state index is 12.6. The van der Waals surface area contributed by atoms with Crippen LogP contribution in [-0.4, -0.2) is 37.1 Å². The molecule has 144 valence electrons. The number of nitriles is 1. The van der Waals surface area contributed by atoms with Crippen molar-refractivity contribution in [3.63, 3.8) is 0 Å². The second-order valence-corrected chi connectivity index (χ2v) is 6.86. The molecule has 1 fully saturated rings. The number of carbonyl (C=O) groups excluding carboxylic acids is 1. The number of carbonyl (C=O) groups is 1. The van der Waals surface area contributed by atoms with E-state index >= 15 is 0 Å². The molecule has 6 nitrogen and oxygen atoms in total. The van der Waals surface area contributed by atoms with E-state index in [1.54, 1.807) is 30.5 Å². The van der Waals surface area contributed by atoms with Crippen molar-refractivity contribution in [2.45, 2.75) is 0 Å². The van der Waals surface area contributed by atoms with Crippen LogP contribution in [0.1, 0.15) is 16.1 Å². The molecule has 2 aromatic carbocycles. The van der Waals surface area contributed by atoms with Crippen LogP contribution < -0.4 is 15.1 Å². The second-order valence-electron chi connectivity index (χ2n) is 6.86. The molecule has 6 heteroatoms. The number of hydrogen-bond acceptors (Lipinski definition) is 5. The topological polar surface area (TPSA) is 72.3 Å². The van der Waals surface area contributed by atoms with Gasteiger partial charge in [0.25, 0.3) is 5.91 Å². The molecule has 1 saturated heterocycles. The maximum Gasteiger partial charge on any atom is 0.274 e. The molecule has 0 aliphatic carbocycles. The van der Waals surface area contributed by atoms with Crippen molar-refractivity contribution in [1.82, 2.24) is 4.98 Å². The first-order valence-electron chi connectivity index (χ1n) is 9.55. The predicted octanol–water partition coefficient (Wildman–Crippen LogP) is 3.53. The number of nitrogens with one attached hydrogen (secondary N) is 1. The quantitative estimate of drug-likeness (QED) is 0.746. The van der Waals surface area contributed by atoms with Crippen LogP contribution in [0, 0.1) is 11.3 Å². The van der Waals surface area contributed by atoms with Crippen molar-refractivity contribution in [3.05, 3.63) is 84.2 Å². The SMILES string of the molecule is N#Cc1cccc(NC(=O)c2cc(N3CCN(c4ccccc4)CC3)ccn2)c1. The van der Waals surface area contributed by atoms with Crippen LogP contribution in [0.3, 0.4) is 0 Å². The highest BCUT2D eigenvalue weighted by molar-refractivity contribution is 6.03. The predicted molar refractivity (Wildman–Crippen MR) is 114 cm³/mol. The second kappa shape index (κ2) is 8.44. The zero-order valence-electron chi connectivity index (χ0n) is 16.0. The molecule has 0 spiro atoms. The van der Waals surface area contributed by atoms with Crippen molar-refractivity contribution in [1.29, 1.82) is 5.26 Å². The Morgan fingerprint density at radius 3 is 2.34 bits per heavy atom. The van der Waals surface area contributed by atoms with Crippen molar-refractivity contribution in [2.75, 3.05) is 41.3 Å². The average molecular weight is 383 g/mol. The van der Waals surface area contributed by atoms with E-state index in [1.165, 1.54) is 5.69 Å². The van der Waals surface area contributed by atoms with Gasteiger partial charge in [-0.05, 0) is 42.5 Å². The number of rotatable bonds is 4. The molecule has 4 rings (SSSR count). The van der Waals surface area contributed by atoms with E-state index in [1.807, 2.05) is 18.2 Å². The van der Waals surface area contributed by atoms with Gasteiger partial charge in [0, 0.05) is 49.4 Å². The molecule has 0 unspecified atom stereocenters. The van der Waals surface area contributed by atoms with Crippen LogP contribution in [0.2, 0.25) is 0 Å². The number of para-hydroxylation sites is 1. The Kier molecular flexibility index (Phi) is 5.39. The number of anilines is 3. The van der Waals surface area contributed by atoms with E-state index in [2.05, 4.69) is 50.4 Å². The summed E-state index contributed by atoms with van der Waals surface area (Å²) < 4.78 is 0. The third-order valence-corrected chi connectivity index (χ3v) is 4.99. The van der Waals surface area contributed by atoms with Gasteiger partial charge in [-0.25, -0.2) is 0 Å². The van der Waals surface area contributed by atoms with Gasteiger partial charge < -0.3 is 15.1 Å². The van der Waals surface area contributed by atoms with Crippen molar-refractivity contribution >= 4 is 23.0 Å². The zero-order valence-corrected chi connectivity index (χ0v) is 16.0. The molecular formula is C23H21N5O.